The second-order valence-electron chi connectivity index (χ2n) is 8.98. The smallest absolute Gasteiger partial charge is 0.263 e. The number of piperazine rings is 1. The average Bonchev–Trinajstić information content (AvgIpc) is 3.41. The number of pyridine rings is 1. The number of anilines is 1. The van der Waals surface area contributed by atoms with Gasteiger partial charge in [-0.25, -0.2) is 9.37 Å². The molecule has 4 heterocycles. The number of hydrogen-bond donors (Lipinski definition) is 1. The SMILES string of the molecule is Cc1ccc(C)n1-c1c(C(=O)NCCCN2CCN(c3ccccc3F)CC2)sc2ncccc12. The molecule has 0 radical (unpaired) electrons. The minimum Gasteiger partial charge on any atom is -0.367 e. The number of para-hydroxylation sites is 1. The van der Waals surface area contributed by atoms with Crippen LogP contribution in [0.15, 0.2) is 54.7 Å². The molecule has 1 fully saturated rings. The molecule has 0 bridgehead atoms. The van der Waals surface area contributed by atoms with Crippen LogP contribution >= 0.6 is 11.3 Å². The number of aryl methyl sites for hydroxylation is 2. The molecule has 1 amide bonds. The van der Waals surface area contributed by atoms with Crippen molar-refractivity contribution in [3.05, 3.63) is 76.8 Å². The molecule has 3 aromatic heterocycles. The maximum Gasteiger partial charge on any atom is 0.263 e. The number of fused-ring (bicyclic) bond motifs is 1. The Morgan fingerprint density at radius 1 is 1.03 bits per heavy atom. The number of rotatable bonds is 7. The van der Waals surface area contributed by atoms with Crippen LogP contribution in [-0.2, 0) is 0 Å². The van der Waals surface area contributed by atoms with Crippen LogP contribution < -0.4 is 10.2 Å². The largest absolute Gasteiger partial charge is 0.367 e. The van der Waals surface area contributed by atoms with Crippen LogP contribution in [0.25, 0.3) is 15.9 Å². The number of hydrogen-bond acceptors (Lipinski definition) is 5. The van der Waals surface area contributed by atoms with Crippen LogP contribution in [0.3, 0.4) is 0 Å². The highest BCUT2D eigenvalue weighted by atomic mass is 32.1. The number of nitrogens with one attached hydrogen (secondary N) is 1. The van der Waals surface area contributed by atoms with E-state index in [4.69, 9.17) is 0 Å². The molecule has 0 spiro atoms. The summed E-state index contributed by atoms with van der Waals surface area (Å²) in [5, 5.41) is 4.12. The molecule has 8 heteroatoms. The fraction of sp³-hybridized carbons (Fsp3) is 0.333. The first-order valence-corrected chi connectivity index (χ1v) is 12.9. The number of nitrogens with zero attached hydrogens (tertiary/aromatic N) is 4. The van der Waals surface area contributed by atoms with Crippen molar-refractivity contribution < 1.29 is 9.18 Å². The predicted molar refractivity (Wildman–Crippen MR) is 140 cm³/mol. The lowest BCUT2D eigenvalue weighted by Crippen LogP contribution is -2.47. The van der Waals surface area contributed by atoms with E-state index in [1.54, 1.807) is 12.3 Å². The summed E-state index contributed by atoms with van der Waals surface area (Å²) in [5.41, 5.74) is 3.78. The van der Waals surface area contributed by atoms with Crippen molar-refractivity contribution >= 4 is 33.1 Å². The quantitative estimate of drug-likeness (QED) is 0.378. The highest BCUT2D eigenvalue weighted by molar-refractivity contribution is 7.21. The van der Waals surface area contributed by atoms with Crippen LogP contribution in [0.2, 0.25) is 0 Å². The average molecular weight is 492 g/mol. The van der Waals surface area contributed by atoms with E-state index in [0.717, 1.165) is 66.4 Å². The van der Waals surface area contributed by atoms with Gasteiger partial charge in [0.1, 0.15) is 15.5 Å². The van der Waals surface area contributed by atoms with Gasteiger partial charge in [0.15, 0.2) is 0 Å². The second-order valence-corrected chi connectivity index (χ2v) is 9.98. The first kappa shape index (κ1) is 23.5. The molecule has 1 aliphatic heterocycles. The van der Waals surface area contributed by atoms with Gasteiger partial charge in [0.2, 0.25) is 0 Å². The van der Waals surface area contributed by atoms with Crippen LogP contribution in [0.1, 0.15) is 27.5 Å². The minimum absolute atomic E-state index is 0.0557. The molecule has 35 heavy (non-hydrogen) atoms. The maximum absolute atomic E-state index is 14.1. The lowest BCUT2D eigenvalue weighted by atomic mass is 10.2. The predicted octanol–water partition coefficient (Wildman–Crippen LogP) is 4.79. The fourth-order valence-corrected chi connectivity index (χ4v) is 5.87. The highest BCUT2D eigenvalue weighted by Gasteiger charge is 2.23. The molecule has 0 atom stereocenters. The number of carbonyl (C=O) groups is 1. The molecular weight excluding hydrogens is 461 g/mol. The molecule has 0 aliphatic carbocycles. The molecule has 0 unspecified atom stereocenters. The topological polar surface area (TPSA) is 53.4 Å². The minimum atomic E-state index is -0.162. The summed E-state index contributed by atoms with van der Waals surface area (Å²) in [4.78, 5) is 23.8. The normalized spacial score (nSPS) is 14.5. The number of halogens is 1. The number of carbonyl (C=O) groups excluding carboxylic acids is 1. The number of thiophene rings is 1. The zero-order valence-corrected chi connectivity index (χ0v) is 20.9. The molecule has 6 nitrogen and oxygen atoms in total. The zero-order valence-electron chi connectivity index (χ0n) is 20.1. The van der Waals surface area contributed by atoms with Gasteiger partial charge in [-0.15, -0.1) is 11.3 Å². The third kappa shape index (κ3) is 4.81. The van der Waals surface area contributed by atoms with Crippen molar-refractivity contribution in [2.75, 3.05) is 44.2 Å². The molecular formula is C27H30FN5OS. The van der Waals surface area contributed by atoms with E-state index >= 15 is 0 Å². The Balaban J connectivity index is 1.19. The van der Waals surface area contributed by atoms with E-state index in [1.165, 1.54) is 17.4 Å². The van der Waals surface area contributed by atoms with Crippen molar-refractivity contribution in [2.45, 2.75) is 20.3 Å². The lowest BCUT2D eigenvalue weighted by Gasteiger charge is -2.36. The van der Waals surface area contributed by atoms with Gasteiger partial charge in [0.05, 0.1) is 11.4 Å². The van der Waals surface area contributed by atoms with Gasteiger partial charge in [0, 0.05) is 55.7 Å². The molecule has 0 saturated carbocycles. The van der Waals surface area contributed by atoms with Gasteiger partial charge >= 0.3 is 0 Å². The first-order chi connectivity index (χ1) is 17.0. The number of aromatic nitrogens is 2. The van der Waals surface area contributed by atoms with Crippen molar-refractivity contribution in [3.63, 3.8) is 0 Å². The van der Waals surface area contributed by atoms with E-state index in [2.05, 4.69) is 50.6 Å². The monoisotopic (exact) mass is 491 g/mol. The summed E-state index contributed by atoms with van der Waals surface area (Å²) < 4.78 is 16.2. The molecule has 1 aliphatic rings. The van der Waals surface area contributed by atoms with E-state index in [0.29, 0.717) is 17.1 Å². The van der Waals surface area contributed by atoms with E-state index in [-0.39, 0.29) is 11.7 Å². The Kier molecular flexibility index (Phi) is 6.83. The van der Waals surface area contributed by atoms with Crippen molar-refractivity contribution in [1.29, 1.82) is 0 Å². The summed E-state index contributed by atoms with van der Waals surface area (Å²) >= 11 is 1.44. The van der Waals surface area contributed by atoms with Crippen LogP contribution in [-0.4, -0.2) is 59.6 Å². The molecule has 4 aromatic rings. The van der Waals surface area contributed by atoms with Gasteiger partial charge in [-0.3, -0.25) is 9.69 Å². The summed E-state index contributed by atoms with van der Waals surface area (Å²) in [5.74, 6) is -0.218. The number of benzene rings is 1. The molecule has 1 aromatic carbocycles. The van der Waals surface area contributed by atoms with Gasteiger partial charge < -0.3 is 14.8 Å². The lowest BCUT2D eigenvalue weighted by molar-refractivity contribution is 0.0955. The van der Waals surface area contributed by atoms with E-state index in [1.807, 2.05) is 24.3 Å². The summed E-state index contributed by atoms with van der Waals surface area (Å²) in [7, 11) is 0. The molecule has 1 N–H and O–H groups in total. The van der Waals surface area contributed by atoms with E-state index < -0.39 is 0 Å². The van der Waals surface area contributed by atoms with Crippen molar-refractivity contribution in [1.82, 2.24) is 19.8 Å². The summed E-state index contributed by atoms with van der Waals surface area (Å²) in [6, 6.07) is 15.1. The van der Waals surface area contributed by atoms with Gasteiger partial charge in [0.25, 0.3) is 5.91 Å². The van der Waals surface area contributed by atoms with Crippen molar-refractivity contribution in [3.8, 4) is 5.69 Å². The van der Waals surface area contributed by atoms with Crippen molar-refractivity contribution in [2.24, 2.45) is 0 Å². The summed E-state index contributed by atoms with van der Waals surface area (Å²) in [6.45, 7) is 9.02. The highest BCUT2D eigenvalue weighted by Crippen LogP contribution is 2.34. The van der Waals surface area contributed by atoms with Gasteiger partial charge in [-0.1, -0.05) is 12.1 Å². The first-order valence-electron chi connectivity index (χ1n) is 12.1. The standard InChI is InChI=1S/C27H30FN5OS/c1-19-10-11-20(2)33(19)24-21-7-5-12-30-27(21)35-25(24)26(34)29-13-6-14-31-15-17-32(18-16-31)23-9-4-3-8-22(23)28/h3-5,7-12H,6,13-18H2,1-2H3,(H,29,34). The Hall–Kier alpha value is -3.23. The van der Waals surface area contributed by atoms with E-state index in [9.17, 15) is 9.18 Å². The zero-order chi connectivity index (χ0) is 24.4. The van der Waals surface area contributed by atoms with Crippen LogP contribution in [0.5, 0.6) is 0 Å². The third-order valence-corrected chi connectivity index (χ3v) is 7.74. The molecule has 1 saturated heterocycles. The maximum atomic E-state index is 14.1. The Labute approximate surface area is 209 Å². The Bertz CT molecular complexity index is 1320. The van der Waals surface area contributed by atoms with Gasteiger partial charge in [-0.2, -0.15) is 0 Å². The Morgan fingerprint density at radius 2 is 1.77 bits per heavy atom. The molecule has 182 valence electrons. The summed E-state index contributed by atoms with van der Waals surface area (Å²) in [6.07, 6.45) is 2.64. The number of amides is 1. The van der Waals surface area contributed by atoms with Crippen LogP contribution in [0, 0.1) is 19.7 Å². The van der Waals surface area contributed by atoms with Gasteiger partial charge in [-0.05, 0) is 63.2 Å². The Morgan fingerprint density at radius 3 is 2.51 bits per heavy atom. The van der Waals surface area contributed by atoms with Crippen LogP contribution in [0.4, 0.5) is 10.1 Å². The fourth-order valence-electron chi connectivity index (χ4n) is 4.82. The molecule has 5 rings (SSSR count). The second kappa shape index (κ2) is 10.2. The third-order valence-electron chi connectivity index (χ3n) is 6.64.